The molecule has 1 saturated heterocycles. The molecular weight excluding hydrogens is 457 g/mol. The first kappa shape index (κ1) is 23.9. The van der Waals surface area contributed by atoms with E-state index in [1.165, 1.54) is 0 Å². The molecule has 0 aromatic carbocycles. The summed E-state index contributed by atoms with van der Waals surface area (Å²) in [5, 5.41) is 6.51. The predicted octanol–water partition coefficient (Wildman–Crippen LogP) is 2.40. The fourth-order valence-electron chi connectivity index (χ4n) is 2.96. The van der Waals surface area contributed by atoms with Crippen molar-refractivity contribution >= 4 is 35.8 Å². The summed E-state index contributed by atoms with van der Waals surface area (Å²) in [6.45, 7) is 13.6. The number of aromatic nitrogens is 1. The fourth-order valence-corrected chi connectivity index (χ4v) is 2.96. The lowest BCUT2D eigenvalue weighted by Crippen LogP contribution is -2.45. The smallest absolute Gasteiger partial charge is 0.191 e. The van der Waals surface area contributed by atoms with Crippen LogP contribution in [0.5, 0.6) is 0 Å². The van der Waals surface area contributed by atoms with Gasteiger partial charge < -0.3 is 25.0 Å². The van der Waals surface area contributed by atoms with E-state index < -0.39 is 0 Å². The number of hydrogen-bond donors (Lipinski definition) is 2. The molecule has 0 spiro atoms. The molecule has 1 aliphatic heterocycles. The molecule has 2 atom stereocenters. The summed E-state index contributed by atoms with van der Waals surface area (Å²) in [5.41, 5.74) is 1.09. The Labute approximate surface area is 180 Å². The third-order valence-electron chi connectivity index (χ3n) is 4.06. The van der Waals surface area contributed by atoms with Gasteiger partial charge in [0, 0.05) is 39.0 Å². The second kappa shape index (κ2) is 13.1. The highest BCUT2D eigenvalue weighted by Gasteiger charge is 2.22. The third-order valence-corrected chi connectivity index (χ3v) is 4.06. The van der Waals surface area contributed by atoms with E-state index in [1.54, 1.807) is 0 Å². The minimum atomic E-state index is 0. The Bertz CT molecular complexity index is 546. The molecule has 1 fully saturated rings. The summed E-state index contributed by atoms with van der Waals surface area (Å²) in [6.07, 6.45) is 2.37. The average Bonchev–Trinajstić information content (AvgIpc) is 2.63. The number of rotatable bonds is 8. The van der Waals surface area contributed by atoms with Crippen LogP contribution in [0.1, 0.15) is 33.3 Å². The van der Waals surface area contributed by atoms with Gasteiger partial charge in [-0.15, -0.1) is 24.0 Å². The summed E-state index contributed by atoms with van der Waals surface area (Å²) in [4.78, 5) is 11.5. The minimum absolute atomic E-state index is 0. The van der Waals surface area contributed by atoms with Crippen molar-refractivity contribution in [3.8, 4) is 0 Å². The van der Waals surface area contributed by atoms with Crippen LogP contribution < -0.4 is 15.5 Å². The van der Waals surface area contributed by atoms with E-state index in [0.29, 0.717) is 13.2 Å². The van der Waals surface area contributed by atoms with E-state index in [-0.39, 0.29) is 36.2 Å². The second-order valence-corrected chi connectivity index (χ2v) is 6.51. The maximum Gasteiger partial charge on any atom is 0.191 e. The van der Waals surface area contributed by atoms with Crippen LogP contribution in [0, 0.1) is 0 Å². The molecule has 0 bridgehead atoms. The van der Waals surface area contributed by atoms with Gasteiger partial charge in [-0.2, -0.15) is 0 Å². The number of morpholine rings is 1. The molecular formula is C19H34IN5O2. The normalized spacial score (nSPS) is 20.1. The van der Waals surface area contributed by atoms with Crippen molar-refractivity contribution in [2.45, 2.75) is 46.4 Å². The van der Waals surface area contributed by atoms with Crippen LogP contribution in [0.3, 0.4) is 0 Å². The molecule has 27 heavy (non-hydrogen) atoms. The van der Waals surface area contributed by atoms with Gasteiger partial charge in [-0.1, -0.05) is 6.07 Å². The van der Waals surface area contributed by atoms with E-state index >= 15 is 0 Å². The molecule has 154 valence electrons. The maximum absolute atomic E-state index is 5.79. The van der Waals surface area contributed by atoms with Crippen LogP contribution in [-0.4, -0.2) is 62.5 Å². The van der Waals surface area contributed by atoms with E-state index in [4.69, 9.17) is 9.47 Å². The van der Waals surface area contributed by atoms with Gasteiger partial charge in [0.1, 0.15) is 5.82 Å². The molecule has 2 rings (SSSR count). The zero-order chi connectivity index (χ0) is 18.8. The van der Waals surface area contributed by atoms with Crippen LogP contribution in [0.2, 0.25) is 0 Å². The lowest BCUT2D eigenvalue weighted by atomic mass is 10.2. The standard InChI is InChI=1S/C19H33N5O2.HI/c1-5-20-19(21-9-10-25-6-2)23-12-17-7-8-18(22-11-17)24-13-15(3)26-16(4)14-24;/h7-8,11,15-16H,5-6,9-10,12-14H2,1-4H3,(H2,20,21,23);1H. The van der Waals surface area contributed by atoms with E-state index in [1.807, 2.05) is 13.1 Å². The average molecular weight is 491 g/mol. The van der Waals surface area contributed by atoms with E-state index in [2.05, 4.69) is 58.4 Å². The Kier molecular flexibility index (Phi) is 11.6. The maximum atomic E-state index is 5.79. The number of hydrogen-bond acceptors (Lipinski definition) is 5. The molecule has 1 aromatic rings. The third kappa shape index (κ3) is 8.61. The lowest BCUT2D eigenvalue weighted by Gasteiger charge is -2.36. The molecule has 0 radical (unpaired) electrons. The van der Waals surface area contributed by atoms with Crippen LogP contribution in [0.15, 0.2) is 23.3 Å². The van der Waals surface area contributed by atoms with Crippen molar-refractivity contribution in [2.24, 2.45) is 4.99 Å². The summed E-state index contributed by atoms with van der Waals surface area (Å²) in [7, 11) is 0. The van der Waals surface area contributed by atoms with Gasteiger partial charge >= 0.3 is 0 Å². The van der Waals surface area contributed by atoms with E-state index in [0.717, 1.165) is 50.1 Å². The number of halogens is 1. The molecule has 2 N–H and O–H groups in total. The highest BCUT2D eigenvalue weighted by molar-refractivity contribution is 14.0. The van der Waals surface area contributed by atoms with Gasteiger partial charge in [0.25, 0.3) is 0 Å². The first-order valence-corrected chi connectivity index (χ1v) is 9.57. The fraction of sp³-hybridized carbons (Fsp3) is 0.684. The molecule has 1 aromatic heterocycles. The van der Waals surface area contributed by atoms with Gasteiger partial charge in [-0.3, -0.25) is 0 Å². The van der Waals surface area contributed by atoms with E-state index in [9.17, 15) is 0 Å². The van der Waals surface area contributed by atoms with Gasteiger partial charge in [-0.25, -0.2) is 9.98 Å². The predicted molar refractivity (Wildman–Crippen MR) is 121 cm³/mol. The molecule has 2 unspecified atom stereocenters. The largest absolute Gasteiger partial charge is 0.380 e. The number of anilines is 1. The summed E-state index contributed by atoms with van der Waals surface area (Å²) < 4.78 is 11.1. The first-order valence-electron chi connectivity index (χ1n) is 9.57. The Balaban J connectivity index is 0.00000364. The number of nitrogens with one attached hydrogen (secondary N) is 2. The van der Waals surface area contributed by atoms with Gasteiger partial charge in [0.15, 0.2) is 5.96 Å². The summed E-state index contributed by atoms with van der Waals surface area (Å²) in [6, 6.07) is 4.17. The Morgan fingerprint density at radius 3 is 2.59 bits per heavy atom. The zero-order valence-corrected chi connectivity index (χ0v) is 19.2. The van der Waals surface area contributed by atoms with Crippen molar-refractivity contribution in [1.29, 1.82) is 0 Å². The van der Waals surface area contributed by atoms with Crippen molar-refractivity contribution < 1.29 is 9.47 Å². The molecule has 7 nitrogen and oxygen atoms in total. The van der Waals surface area contributed by atoms with Crippen LogP contribution in [-0.2, 0) is 16.0 Å². The van der Waals surface area contributed by atoms with Gasteiger partial charge in [-0.05, 0) is 39.3 Å². The number of ether oxygens (including phenoxy) is 2. The summed E-state index contributed by atoms with van der Waals surface area (Å²) >= 11 is 0. The zero-order valence-electron chi connectivity index (χ0n) is 16.9. The van der Waals surface area contributed by atoms with Crippen LogP contribution in [0.25, 0.3) is 0 Å². The molecule has 0 saturated carbocycles. The molecule has 2 heterocycles. The van der Waals surface area contributed by atoms with Gasteiger partial charge in [0.2, 0.25) is 0 Å². The van der Waals surface area contributed by atoms with Crippen molar-refractivity contribution in [2.75, 3.05) is 44.3 Å². The number of aliphatic imine (C=N–C) groups is 1. The first-order chi connectivity index (χ1) is 12.6. The second-order valence-electron chi connectivity index (χ2n) is 6.51. The van der Waals surface area contributed by atoms with Crippen LogP contribution in [0.4, 0.5) is 5.82 Å². The lowest BCUT2D eigenvalue weighted by molar-refractivity contribution is -0.00545. The Morgan fingerprint density at radius 2 is 2.00 bits per heavy atom. The monoisotopic (exact) mass is 491 g/mol. The van der Waals surface area contributed by atoms with Crippen molar-refractivity contribution in [3.05, 3.63) is 23.9 Å². The number of guanidine groups is 1. The SMILES string of the molecule is CCNC(=NCc1ccc(N2CC(C)OC(C)C2)nc1)NCCOCC.I. The number of pyridine rings is 1. The molecule has 1 aliphatic rings. The van der Waals surface area contributed by atoms with Gasteiger partial charge in [0.05, 0.1) is 25.4 Å². The molecule has 0 amide bonds. The number of nitrogens with zero attached hydrogens (tertiary/aromatic N) is 3. The van der Waals surface area contributed by atoms with Crippen molar-refractivity contribution in [3.63, 3.8) is 0 Å². The Hall–Kier alpha value is -1.13. The quantitative estimate of drug-likeness (QED) is 0.252. The van der Waals surface area contributed by atoms with Crippen LogP contribution >= 0.6 is 24.0 Å². The Morgan fingerprint density at radius 1 is 1.26 bits per heavy atom. The highest BCUT2D eigenvalue weighted by Crippen LogP contribution is 2.18. The summed E-state index contributed by atoms with van der Waals surface area (Å²) in [5.74, 6) is 1.80. The molecule has 0 aliphatic carbocycles. The minimum Gasteiger partial charge on any atom is -0.380 e. The topological polar surface area (TPSA) is 71.0 Å². The highest BCUT2D eigenvalue weighted by atomic mass is 127. The van der Waals surface area contributed by atoms with Crippen molar-refractivity contribution in [1.82, 2.24) is 15.6 Å². The molecule has 8 heteroatoms.